The van der Waals surface area contributed by atoms with Gasteiger partial charge in [-0.3, -0.25) is 4.79 Å². The van der Waals surface area contributed by atoms with Gasteiger partial charge in [-0.15, -0.1) is 5.10 Å². The van der Waals surface area contributed by atoms with E-state index in [1.807, 2.05) is 4.68 Å². The van der Waals surface area contributed by atoms with Crippen molar-refractivity contribution >= 4 is 17.7 Å². The van der Waals surface area contributed by atoms with Gasteiger partial charge >= 0.3 is 5.97 Å². The monoisotopic (exact) mass is 285 g/mol. The molecule has 1 atom stereocenters. The lowest BCUT2D eigenvalue weighted by atomic mass is 9.92. The van der Waals surface area contributed by atoms with Crippen molar-refractivity contribution in [2.75, 3.05) is 5.75 Å². The van der Waals surface area contributed by atoms with E-state index >= 15 is 0 Å². The molecule has 0 amide bonds. The van der Waals surface area contributed by atoms with Gasteiger partial charge in [0.15, 0.2) is 0 Å². The summed E-state index contributed by atoms with van der Waals surface area (Å²) in [6.07, 6.45) is 3.92. The van der Waals surface area contributed by atoms with E-state index in [1.54, 1.807) is 18.7 Å². The standard InChI is InChI=1S/C11H19N5O2S/c1-2-11(12,9(17)18)6-3-7-19-10-13-14-15-16(10)8-4-5-8/h8H,2-7,12H2,1H3,(H,17,18). The first-order valence-corrected chi connectivity index (χ1v) is 7.48. The molecule has 0 aliphatic heterocycles. The minimum absolute atomic E-state index is 0.437. The molecule has 0 bridgehead atoms. The van der Waals surface area contributed by atoms with Crippen LogP contribution in [0.3, 0.4) is 0 Å². The third-order valence-corrected chi connectivity index (χ3v) is 4.43. The van der Waals surface area contributed by atoms with Gasteiger partial charge in [-0.05, 0) is 42.5 Å². The van der Waals surface area contributed by atoms with Crippen molar-refractivity contribution in [2.45, 2.75) is 55.8 Å². The van der Waals surface area contributed by atoms with E-state index in [9.17, 15) is 4.79 Å². The average Bonchev–Trinajstić information content (AvgIpc) is 3.13. The third-order valence-electron chi connectivity index (χ3n) is 3.41. The molecule has 1 heterocycles. The number of hydrogen-bond acceptors (Lipinski definition) is 6. The number of thioether (sulfide) groups is 1. The lowest BCUT2D eigenvalue weighted by molar-refractivity contribution is -0.143. The first-order chi connectivity index (χ1) is 9.07. The normalized spacial score (nSPS) is 18.2. The Morgan fingerprint density at radius 2 is 2.37 bits per heavy atom. The Balaban J connectivity index is 1.77. The van der Waals surface area contributed by atoms with Crippen LogP contribution in [0.4, 0.5) is 0 Å². The summed E-state index contributed by atoms with van der Waals surface area (Å²) in [5, 5.41) is 21.5. The molecule has 19 heavy (non-hydrogen) atoms. The highest BCUT2D eigenvalue weighted by Crippen LogP contribution is 2.36. The Hall–Kier alpha value is -1.15. The number of aliphatic carboxylic acids is 1. The molecule has 8 heteroatoms. The molecule has 1 aliphatic rings. The number of carbonyl (C=O) groups is 1. The topological polar surface area (TPSA) is 107 Å². The SMILES string of the molecule is CCC(N)(CCCSc1nnnn1C1CC1)C(=O)O. The molecule has 1 saturated carbocycles. The summed E-state index contributed by atoms with van der Waals surface area (Å²) in [4.78, 5) is 11.1. The highest BCUT2D eigenvalue weighted by atomic mass is 32.2. The maximum Gasteiger partial charge on any atom is 0.323 e. The van der Waals surface area contributed by atoms with Gasteiger partial charge in [-0.2, -0.15) is 0 Å². The lowest BCUT2D eigenvalue weighted by Gasteiger charge is -2.22. The number of nitrogens with zero attached hydrogens (tertiary/aromatic N) is 4. The van der Waals surface area contributed by atoms with Crippen LogP contribution >= 0.6 is 11.8 Å². The molecule has 1 aliphatic carbocycles. The first kappa shape index (κ1) is 14.3. The maximum atomic E-state index is 11.1. The lowest BCUT2D eigenvalue weighted by Crippen LogP contribution is -2.47. The van der Waals surface area contributed by atoms with Gasteiger partial charge in [0.1, 0.15) is 5.54 Å². The zero-order valence-electron chi connectivity index (χ0n) is 10.9. The molecular weight excluding hydrogens is 266 g/mol. The summed E-state index contributed by atoms with van der Waals surface area (Å²) in [6.45, 7) is 1.80. The molecule has 0 saturated heterocycles. The second kappa shape index (κ2) is 5.87. The Morgan fingerprint density at radius 1 is 1.63 bits per heavy atom. The number of hydrogen-bond donors (Lipinski definition) is 2. The van der Waals surface area contributed by atoms with Gasteiger partial charge in [0.2, 0.25) is 5.16 Å². The van der Waals surface area contributed by atoms with Crippen LogP contribution in [0.25, 0.3) is 0 Å². The minimum atomic E-state index is -1.11. The predicted octanol–water partition coefficient (Wildman–Crippen LogP) is 1.07. The van der Waals surface area contributed by atoms with Crippen LogP contribution in [0.15, 0.2) is 5.16 Å². The average molecular weight is 285 g/mol. The molecule has 0 spiro atoms. The van der Waals surface area contributed by atoms with Crippen LogP contribution in [0.5, 0.6) is 0 Å². The quantitative estimate of drug-likeness (QED) is 0.543. The van der Waals surface area contributed by atoms with Crippen LogP contribution in [0.2, 0.25) is 0 Å². The Morgan fingerprint density at radius 3 is 2.95 bits per heavy atom. The largest absolute Gasteiger partial charge is 0.480 e. The van der Waals surface area contributed by atoms with E-state index < -0.39 is 11.5 Å². The summed E-state index contributed by atoms with van der Waals surface area (Å²) in [5.74, 6) is -0.151. The van der Waals surface area contributed by atoms with Crippen molar-refractivity contribution in [3.63, 3.8) is 0 Å². The highest BCUT2D eigenvalue weighted by Gasteiger charge is 2.31. The van der Waals surface area contributed by atoms with Crippen LogP contribution < -0.4 is 5.73 Å². The van der Waals surface area contributed by atoms with E-state index in [-0.39, 0.29) is 0 Å². The first-order valence-electron chi connectivity index (χ1n) is 6.50. The van der Waals surface area contributed by atoms with Gasteiger partial charge < -0.3 is 10.8 Å². The van der Waals surface area contributed by atoms with E-state index in [4.69, 9.17) is 10.8 Å². The molecule has 106 valence electrons. The number of carboxylic acid groups (broad SMARTS) is 1. The molecule has 1 unspecified atom stereocenters. The van der Waals surface area contributed by atoms with E-state index in [2.05, 4.69) is 15.5 Å². The molecule has 2 rings (SSSR count). The van der Waals surface area contributed by atoms with Crippen LogP contribution in [-0.2, 0) is 4.79 Å². The zero-order valence-corrected chi connectivity index (χ0v) is 11.8. The summed E-state index contributed by atoms with van der Waals surface area (Å²) >= 11 is 1.56. The maximum absolute atomic E-state index is 11.1. The van der Waals surface area contributed by atoms with Gasteiger partial charge in [0.05, 0.1) is 6.04 Å². The fourth-order valence-corrected chi connectivity index (χ4v) is 2.70. The van der Waals surface area contributed by atoms with Crippen molar-refractivity contribution in [1.82, 2.24) is 20.2 Å². The molecule has 7 nitrogen and oxygen atoms in total. The van der Waals surface area contributed by atoms with Gasteiger partial charge in [0, 0.05) is 5.75 Å². The minimum Gasteiger partial charge on any atom is -0.480 e. The van der Waals surface area contributed by atoms with Crippen molar-refractivity contribution in [2.24, 2.45) is 5.73 Å². The van der Waals surface area contributed by atoms with Crippen LogP contribution in [-0.4, -0.2) is 42.6 Å². The second-order valence-corrected chi connectivity index (χ2v) is 5.97. The molecule has 1 aromatic rings. The Bertz CT molecular complexity index is 448. The number of tetrazole rings is 1. The highest BCUT2D eigenvalue weighted by molar-refractivity contribution is 7.99. The van der Waals surface area contributed by atoms with Crippen molar-refractivity contribution in [3.8, 4) is 0 Å². The summed E-state index contributed by atoms with van der Waals surface area (Å²) < 4.78 is 1.86. The van der Waals surface area contributed by atoms with Crippen LogP contribution in [0.1, 0.15) is 45.1 Å². The summed E-state index contributed by atoms with van der Waals surface area (Å²) in [7, 11) is 0. The predicted molar refractivity (Wildman–Crippen MR) is 70.9 cm³/mol. The summed E-state index contributed by atoms with van der Waals surface area (Å²) in [5.41, 5.74) is 4.73. The molecule has 1 fully saturated rings. The van der Waals surface area contributed by atoms with Crippen molar-refractivity contribution < 1.29 is 9.90 Å². The van der Waals surface area contributed by atoms with Crippen molar-refractivity contribution in [3.05, 3.63) is 0 Å². The molecular formula is C11H19N5O2S. The van der Waals surface area contributed by atoms with E-state index in [0.29, 0.717) is 18.9 Å². The molecule has 0 aromatic carbocycles. The van der Waals surface area contributed by atoms with Gasteiger partial charge in [-0.25, -0.2) is 4.68 Å². The number of aromatic nitrogens is 4. The van der Waals surface area contributed by atoms with E-state index in [0.717, 1.165) is 30.2 Å². The molecule has 0 radical (unpaired) electrons. The number of carboxylic acids is 1. The van der Waals surface area contributed by atoms with E-state index in [1.165, 1.54) is 0 Å². The third kappa shape index (κ3) is 3.44. The van der Waals surface area contributed by atoms with Gasteiger partial charge in [0.25, 0.3) is 0 Å². The van der Waals surface area contributed by atoms with Crippen LogP contribution in [0, 0.1) is 0 Å². The van der Waals surface area contributed by atoms with Gasteiger partial charge in [-0.1, -0.05) is 18.7 Å². The molecule has 3 N–H and O–H groups in total. The van der Waals surface area contributed by atoms with Crippen molar-refractivity contribution in [1.29, 1.82) is 0 Å². The number of nitrogens with two attached hydrogens (primary N) is 1. The smallest absolute Gasteiger partial charge is 0.323 e. The fraction of sp³-hybridized carbons (Fsp3) is 0.818. The second-order valence-electron chi connectivity index (χ2n) is 4.90. The Kier molecular flexibility index (Phi) is 4.41. The fourth-order valence-electron chi connectivity index (χ4n) is 1.81. The molecule has 1 aromatic heterocycles. The Labute approximate surface area is 115 Å². The number of rotatable bonds is 8. The summed E-state index contributed by atoms with van der Waals surface area (Å²) in [6, 6.07) is 0.459. The zero-order chi connectivity index (χ0) is 13.9.